The topological polar surface area (TPSA) is 81.9 Å². The molecule has 1 aliphatic rings. The summed E-state index contributed by atoms with van der Waals surface area (Å²) < 4.78 is 7.19. The molecule has 0 bridgehead atoms. The Morgan fingerprint density at radius 3 is 2.70 bits per heavy atom. The first-order chi connectivity index (χ1) is 13.1. The first-order valence-electron chi connectivity index (χ1n) is 8.95. The fourth-order valence-corrected chi connectivity index (χ4v) is 3.02. The number of benzene rings is 2. The Balaban J connectivity index is 1.42. The predicted molar refractivity (Wildman–Crippen MR) is 102 cm³/mol. The van der Waals surface area contributed by atoms with Crippen LogP contribution in [0.4, 0.5) is 5.69 Å². The van der Waals surface area contributed by atoms with Gasteiger partial charge in [-0.2, -0.15) is 0 Å². The first kappa shape index (κ1) is 17.2. The van der Waals surface area contributed by atoms with Gasteiger partial charge in [-0.15, -0.1) is 5.10 Å². The largest absolute Gasteiger partial charge is 0.496 e. The number of nitrogens with zero attached hydrogens (tertiary/aromatic N) is 4. The smallest absolute Gasteiger partial charge is 0.228 e. The van der Waals surface area contributed by atoms with Crippen LogP contribution in [0.1, 0.15) is 30.0 Å². The first-order valence-corrected chi connectivity index (χ1v) is 8.95. The minimum Gasteiger partial charge on any atom is -0.496 e. The number of rotatable bonds is 6. The van der Waals surface area contributed by atoms with Gasteiger partial charge in [0.05, 0.1) is 19.6 Å². The molecular formula is C20H21N5O2. The van der Waals surface area contributed by atoms with Gasteiger partial charge in [-0.3, -0.25) is 4.79 Å². The van der Waals surface area contributed by atoms with E-state index in [2.05, 4.69) is 20.8 Å². The molecule has 27 heavy (non-hydrogen) atoms. The van der Waals surface area contributed by atoms with Gasteiger partial charge in [0.25, 0.3) is 0 Å². The molecule has 0 atom stereocenters. The summed E-state index contributed by atoms with van der Waals surface area (Å²) in [7, 11) is 1.63. The molecule has 1 N–H and O–H groups in total. The molecule has 138 valence electrons. The number of methoxy groups -OCH3 is 1. The van der Waals surface area contributed by atoms with Crippen molar-refractivity contribution in [3.8, 4) is 17.1 Å². The van der Waals surface area contributed by atoms with Crippen LogP contribution in [-0.4, -0.2) is 33.2 Å². The van der Waals surface area contributed by atoms with Crippen molar-refractivity contribution in [2.75, 3.05) is 12.4 Å². The van der Waals surface area contributed by atoms with Gasteiger partial charge in [-0.05, 0) is 71.7 Å². The number of anilines is 1. The molecule has 7 heteroatoms. The van der Waals surface area contributed by atoms with E-state index in [1.54, 1.807) is 7.11 Å². The third-order valence-electron chi connectivity index (χ3n) is 4.65. The fourth-order valence-electron chi connectivity index (χ4n) is 3.02. The zero-order valence-electron chi connectivity index (χ0n) is 15.3. The maximum Gasteiger partial charge on any atom is 0.228 e. The maximum absolute atomic E-state index is 12.3. The van der Waals surface area contributed by atoms with E-state index < -0.39 is 0 Å². The van der Waals surface area contributed by atoms with E-state index in [0.717, 1.165) is 46.8 Å². The van der Waals surface area contributed by atoms with Gasteiger partial charge >= 0.3 is 0 Å². The van der Waals surface area contributed by atoms with Crippen molar-refractivity contribution in [2.24, 2.45) is 0 Å². The minimum atomic E-state index is -0.0727. The fraction of sp³-hybridized carbons (Fsp3) is 0.300. The lowest BCUT2D eigenvalue weighted by Crippen LogP contribution is -2.14. The second-order valence-corrected chi connectivity index (χ2v) is 6.78. The normalized spacial score (nSPS) is 13.4. The molecule has 3 aromatic rings. The van der Waals surface area contributed by atoms with Gasteiger partial charge in [-0.1, -0.05) is 12.1 Å². The molecule has 1 heterocycles. The molecular weight excluding hydrogens is 342 g/mol. The van der Waals surface area contributed by atoms with Crippen LogP contribution in [0, 0.1) is 6.92 Å². The average Bonchev–Trinajstić information content (AvgIpc) is 3.40. The van der Waals surface area contributed by atoms with Gasteiger partial charge in [0.2, 0.25) is 5.91 Å². The molecule has 1 aliphatic carbocycles. The number of carbonyl (C=O) groups is 1. The SMILES string of the molecule is COc1cc(CC(=O)Nc2ccc(-c3nnnn3C3CC3)cc2)ccc1C. The Bertz CT molecular complexity index is 961. The van der Waals surface area contributed by atoms with Crippen molar-refractivity contribution in [1.82, 2.24) is 20.2 Å². The van der Waals surface area contributed by atoms with Gasteiger partial charge in [0.1, 0.15) is 5.75 Å². The summed E-state index contributed by atoms with van der Waals surface area (Å²) in [6.07, 6.45) is 2.53. The number of hydrogen-bond donors (Lipinski definition) is 1. The Hall–Kier alpha value is -3.22. The summed E-state index contributed by atoms with van der Waals surface area (Å²) in [5.74, 6) is 1.48. The molecule has 1 saturated carbocycles. The quantitative estimate of drug-likeness (QED) is 0.727. The molecule has 7 nitrogen and oxygen atoms in total. The number of ether oxygens (including phenoxy) is 1. The van der Waals surface area contributed by atoms with E-state index >= 15 is 0 Å². The standard InChI is InChI=1S/C20H21N5O2/c1-13-3-4-14(11-18(13)27-2)12-19(26)21-16-7-5-15(6-8-16)20-22-23-24-25(20)17-9-10-17/h3-8,11,17H,9-10,12H2,1-2H3,(H,21,26). The van der Waals surface area contributed by atoms with Crippen molar-refractivity contribution in [1.29, 1.82) is 0 Å². The summed E-state index contributed by atoms with van der Waals surface area (Å²) in [6, 6.07) is 13.8. The van der Waals surface area contributed by atoms with Crippen LogP contribution in [0.25, 0.3) is 11.4 Å². The van der Waals surface area contributed by atoms with Gasteiger partial charge < -0.3 is 10.1 Å². The Morgan fingerprint density at radius 2 is 2.00 bits per heavy atom. The Kier molecular flexibility index (Phi) is 4.58. The van der Waals surface area contributed by atoms with E-state index in [4.69, 9.17) is 4.74 Å². The average molecular weight is 363 g/mol. The van der Waals surface area contributed by atoms with Gasteiger partial charge in [0, 0.05) is 11.3 Å². The number of carbonyl (C=O) groups excluding carboxylic acids is 1. The number of amides is 1. The van der Waals surface area contributed by atoms with Crippen LogP contribution >= 0.6 is 0 Å². The molecule has 2 aromatic carbocycles. The number of tetrazole rings is 1. The molecule has 0 unspecified atom stereocenters. The highest BCUT2D eigenvalue weighted by Gasteiger charge is 2.28. The minimum absolute atomic E-state index is 0.0727. The summed E-state index contributed by atoms with van der Waals surface area (Å²) >= 11 is 0. The van der Waals surface area contributed by atoms with Crippen LogP contribution in [0.2, 0.25) is 0 Å². The van der Waals surface area contributed by atoms with Crippen molar-refractivity contribution in [3.63, 3.8) is 0 Å². The summed E-state index contributed by atoms with van der Waals surface area (Å²) in [5.41, 5.74) is 3.64. The number of hydrogen-bond acceptors (Lipinski definition) is 5. The maximum atomic E-state index is 12.3. The molecule has 4 rings (SSSR count). The summed E-state index contributed by atoms with van der Waals surface area (Å²) in [6.45, 7) is 1.98. The Labute approximate surface area is 157 Å². The van der Waals surface area contributed by atoms with Crippen molar-refractivity contribution in [2.45, 2.75) is 32.2 Å². The Morgan fingerprint density at radius 1 is 1.22 bits per heavy atom. The molecule has 1 amide bonds. The zero-order chi connectivity index (χ0) is 18.8. The number of aromatic nitrogens is 4. The van der Waals surface area contributed by atoms with E-state index in [9.17, 15) is 4.79 Å². The second kappa shape index (κ2) is 7.19. The van der Waals surface area contributed by atoms with Crippen LogP contribution in [-0.2, 0) is 11.2 Å². The van der Waals surface area contributed by atoms with Gasteiger partial charge in [0.15, 0.2) is 5.82 Å². The van der Waals surface area contributed by atoms with Crippen LogP contribution in [0.5, 0.6) is 5.75 Å². The van der Waals surface area contributed by atoms with Crippen molar-refractivity contribution in [3.05, 3.63) is 53.6 Å². The second-order valence-electron chi connectivity index (χ2n) is 6.78. The van der Waals surface area contributed by atoms with Crippen LogP contribution in [0.3, 0.4) is 0 Å². The third-order valence-corrected chi connectivity index (χ3v) is 4.65. The van der Waals surface area contributed by atoms with Crippen molar-refractivity contribution >= 4 is 11.6 Å². The third kappa shape index (κ3) is 3.81. The number of aryl methyl sites for hydroxylation is 1. The summed E-state index contributed by atoms with van der Waals surface area (Å²) in [5, 5.41) is 14.9. The highest BCUT2D eigenvalue weighted by atomic mass is 16.5. The lowest BCUT2D eigenvalue weighted by atomic mass is 10.1. The van der Waals surface area contributed by atoms with Crippen LogP contribution < -0.4 is 10.1 Å². The highest BCUT2D eigenvalue weighted by Crippen LogP contribution is 2.36. The van der Waals surface area contributed by atoms with E-state index in [1.165, 1.54) is 0 Å². The van der Waals surface area contributed by atoms with Gasteiger partial charge in [-0.25, -0.2) is 4.68 Å². The van der Waals surface area contributed by atoms with E-state index in [0.29, 0.717) is 6.04 Å². The molecule has 0 spiro atoms. The van der Waals surface area contributed by atoms with E-state index in [1.807, 2.05) is 54.1 Å². The van der Waals surface area contributed by atoms with E-state index in [-0.39, 0.29) is 12.3 Å². The molecule has 1 aromatic heterocycles. The molecule has 1 fully saturated rings. The molecule has 0 saturated heterocycles. The highest BCUT2D eigenvalue weighted by molar-refractivity contribution is 5.92. The van der Waals surface area contributed by atoms with Crippen LogP contribution in [0.15, 0.2) is 42.5 Å². The van der Waals surface area contributed by atoms with Crippen molar-refractivity contribution < 1.29 is 9.53 Å². The number of nitrogens with one attached hydrogen (secondary N) is 1. The zero-order valence-corrected chi connectivity index (χ0v) is 15.3. The predicted octanol–water partition coefficient (Wildman–Crippen LogP) is 3.17. The molecule has 0 radical (unpaired) electrons. The lowest BCUT2D eigenvalue weighted by Gasteiger charge is -2.09. The monoisotopic (exact) mass is 363 g/mol. The molecule has 0 aliphatic heterocycles. The summed E-state index contributed by atoms with van der Waals surface area (Å²) in [4.78, 5) is 12.3. The lowest BCUT2D eigenvalue weighted by molar-refractivity contribution is -0.115.